The first-order chi connectivity index (χ1) is 10.3. The number of carbonyl (C=O) groups is 2. The number of thiophene rings is 1. The molecule has 0 bridgehead atoms. The Morgan fingerprint density at radius 2 is 1.95 bits per heavy atom. The number of aliphatic hydroxyl groups is 1. The smallest absolute Gasteiger partial charge is 0.309 e. The highest BCUT2D eigenvalue weighted by Crippen LogP contribution is 2.32. The van der Waals surface area contributed by atoms with E-state index in [0.717, 1.165) is 15.0 Å². The van der Waals surface area contributed by atoms with Crippen molar-refractivity contribution in [1.82, 2.24) is 10.6 Å². The van der Waals surface area contributed by atoms with Crippen molar-refractivity contribution in [3.8, 4) is 0 Å². The number of benzene rings is 1. The lowest BCUT2D eigenvalue weighted by atomic mass is 10.0. The number of amides is 2. The van der Waals surface area contributed by atoms with Gasteiger partial charge in [0.1, 0.15) is 5.60 Å². The van der Waals surface area contributed by atoms with E-state index in [4.69, 9.17) is 0 Å². The van der Waals surface area contributed by atoms with Crippen molar-refractivity contribution in [1.29, 1.82) is 0 Å². The summed E-state index contributed by atoms with van der Waals surface area (Å²) in [5.74, 6) is -1.43. The Kier molecular flexibility index (Phi) is 4.83. The highest BCUT2D eigenvalue weighted by atomic mass is 32.1. The summed E-state index contributed by atoms with van der Waals surface area (Å²) in [4.78, 5) is 24.0. The maximum absolute atomic E-state index is 11.7. The topological polar surface area (TPSA) is 78.4 Å². The quantitative estimate of drug-likeness (QED) is 0.751. The molecule has 1 unspecified atom stereocenters. The van der Waals surface area contributed by atoms with Gasteiger partial charge in [-0.25, -0.2) is 0 Å². The lowest BCUT2D eigenvalue weighted by molar-refractivity contribution is -0.140. The van der Waals surface area contributed by atoms with Gasteiger partial charge in [0.25, 0.3) is 0 Å². The molecule has 118 valence electrons. The summed E-state index contributed by atoms with van der Waals surface area (Å²) >= 11 is 1.47. The zero-order valence-corrected chi connectivity index (χ0v) is 13.7. The molecular formula is C16H20N2O3S. The van der Waals surface area contributed by atoms with Crippen molar-refractivity contribution < 1.29 is 14.7 Å². The van der Waals surface area contributed by atoms with Crippen LogP contribution in [0, 0.1) is 0 Å². The third kappa shape index (κ3) is 3.84. The van der Waals surface area contributed by atoms with Crippen molar-refractivity contribution in [3.63, 3.8) is 0 Å². The second-order valence-corrected chi connectivity index (χ2v) is 6.82. The molecule has 2 aromatic rings. The SMILES string of the molecule is CC(C)NC(=O)C(=O)NCC(C)(O)c1cc2ccccc2s1. The van der Waals surface area contributed by atoms with Gasteiger partial charge < -0.3 is 15.7 Å². The summed E-state index contributed by atoms with van der Waals surface area (Å²) in [5, 5.41) is 16.6. The first-order valence-electron chi connectivity index (χ1n) is 7.10. The van der Waals surface area contributed by atoms with E-state index in [2.05, 4.69) is 10.6 Å². The molecule has 0 radical (unpaired) electrons. The summed E-state index contributed by atoms with van der Waals surface area (Å²) in [6.07, 6.45) is 0. The van der Waals surface area contributed by atoms with E-state index in [0.29, 0.717) is 0 Å². The minimum atomic E-state index is -1.22. The summed E-state index contributed by atoms with van der Waals surface area (Å²) in [6.45, 7) is 5.15. The summed E-state index contributed by atoms with van der Waals surface area (Å²) in [5.41, 5.74) is -1.22. The number of fused-ring (bicyclic) bond motifs is 1. The van der Waals surface area contributed by atoms with E-state index in [1.54, 1.807) is 20.8 Å². The predicted octanol–water partition coefficient (Wildman–Crippen LogP) is 1.75. The molecule has 1 aromatic carbocycles. The van der Waals surface area contributed by atoms with Crippen LogP contribution in [-0.4, -0.2) is 29.5 Å². The van der Waals surface area contributed by atoms with Gasteiger partial charge in [-0.15, -0.1) is 11.3 Å². The fourth-order valence-corrected chi connectivity index (χ4v) is 3.10. The highest BCUT2D eigenvalue weighted by molar-refractivity contribution is 7.19. The molecule has 0 saturated carbocycles. The molecule has 1 aromatic heterocycles. The van der Waals surface area contributed by atoms with Gasteiger partial charge in [-0.3, -0.25) is 9.59 Å². The summed E-state index contributed by atoms with van der Waals surface area (Å²) < 4.78 is 1.07. The standard InChI is InChI=1S/C16H20N2O3S/c1-10(2)18-15(20)14(19)17-9-16(3,21)13-8-11-6-4-5-7-12(11)22-13/h4-8,10,21H,9H2,1-3H3,(H,17,19)(H,18,20). The van der Waals surface area contributed by atoms with E-state index >= 15 is 0 Å². The third-order valence-corrected chi connectivity index (χ3v) is 4.54. The average Bonchev–Trinajstić information content (AvgIpc) is 2.88. The van der Waals surface area contributed by atoms with Crippen LogP contribution in [0.3, 0.4) is 0 Å². The molecule has 0 saturated heterocycles. The van der Waals surface area contributed by atoms with E-state index in [1.165, 1.54) is 11.3 Å². The normalized spacial score (nSPS) is 13.9. The van der Waals surface area contributed by atoms with Crippen LogP contribution in [-0.2, 0) is 15.2 Å². The molecule has 0 fully saturated rings. The number of nitrogens with one attached hydrogen (secondary N) is 2. The van der Waals surface area contributed by atoms with Crippen LogP contribution in [0.25, 0.3) is 10.1 Å². The third-order valence-electron chi connectivity index (χ3n) is 3.18. The minimum absolute atomic E-state index is 0.0236. The maximum atomic E-state index is 11.7. The Morgan fingerprint density at radius 3 is 2.59 bits per heavy atom. The van der Waals surface area contributed by atoms with Crippen LogP contribution in [0.1, 0.15) is 25.6 Å². The Morgan fingerprint density at radius 1 is 1.27 bits per heavy atom. The van der Waals surface area contributed by atoms with E-state index in [-0.39, 0.29) is 12.6 Å². The molecule has 22 heavy (non-hydrogen) atoms. The van der Waals surface area contributed by atoms with Crippen LogP contribution in [0.2, 0.25) is 0 Å². The van der Waals surface area contributed by atoms with Gasteiger partial charge >= 0.3 is 11.8 Å². The molecular weight excluding hydrogens is 300 g/mol. The Hall–Kier alpha value is -1.92. The lowest BCUT2D eigenvalue weighted by Crippen LogP contribution is -2.46. The molecule has 0 aliphatic carbocycles. The molecule has 1 heterocycles. The van der Waals surface area contributed by atoms with Crippen molar-refractivity contribution in [2.45, 2.75) is 32.4 Å². The number of hydrogen-bond acceptors (Lipinski definition) is 4. The lowest BCUT2D eigenvalue weighted by Gasteiger charge is -2.22. The first kappa shape index (κ1) is 16.5. The molecule has 0 spiro atoms. The van der Waals surface area contributed by atoms with Crippen molar-refractivity contribution in [2.75, 3.05) is 6.54 Å². The van der Waals surface area contributed by atoms with Gasteiger partial charge in [-0.1, -0.05) is 18.2 Å². The summed E-state index contributed by atoms with van der Waals surface area (Å²) in [7, 11) is 0. The van der Waals surface area contributed by atoms with Gasteiger partial charge in [0.15, 0.2) is 0 Å². The number of hydrogen-bond donors (Lipinski definition) is 3. The van der Waals surface area contributed by atoms with E-state index in [9.17, 15) is 14.7 Å². The molecule has 1 atom stereocenters. The Balaban J connectivity index is 2.04. The average molecular weight is 320 g/mol. The largest absolute Gasteiger partial charge is 0.383 e. The molecule has 0 aliphatic rings. The predicted molar refractivity (Wildman–Crippen MR) is 87.7 cm³/mol. The zero-order chi connectivity index (χ0) is 16.3. The van der Waals surface area contributed by atoms with Gasteiger partial charge in [0.05, 0.1) is 6.54 Å². The van der Waals surface area contributed by atoms with Crippen molar-refractivity contribution >= 4 is 33.2 Å². The number of rotatable bonds is 4. The second kappa shape index (κ2) is 6.46. The van der Waals surface area contributed by atoms with Gasteiger partial charge in [-0.2, -0.15) is 0 Å². The minimum Gasteiger partial charge on any atom is -0.383 e. The van der Waals surface area contributed by atoms with Crippen molar-refractivity contribution in [2.24, 2.45) is 0 Å². The molecule has 3 N–H and O–H groups in total. The zero-order valence-electron chi connectivity index (χ0n) is 12.8. The van der Waals surface area contributed by atoms with Crippen LogP contribution < -0.4 is 10.6 Å². The fourth-order valence-electron chi connectivity index (χ4n) is 1.99. The first-order valence-corrected chi connectivity index (χ1v) is 7.91. The molecule has 6 heteroatoms. The molecule has 2 amide bonds. The fraction of sp³-hybridized carbons (Fsp3) is 0.375. The van der Waals surface area contributed by atoms with E-state index < -0.39 is 17.4 Å². The van der Waals surface area contributed by atoms with Gasteiger partial charge in [0.2, 0.25) is 0 Å². The summed E-state index contributed by atoms with van der Waals surface area (Å²) in [6, 6.07) is 9.62. The van der Waals surface area contributed by atoms with Crippen LogP contribution in [0.5, 0.6) is 0 Å². The van der Waals surface area contributed by atoms with E-state index in [1.807, 2.05) is 30.3 Å². The van der Waals surface area contributed by atoms with Gasteiger partial charge in [0, 0.05) is 15.6 Å². The Labute approximate surface area is 133 Å². The number of carbonyl (C=O) groups excluding carboxylic acids is 2. The van der Waals surface area contributed by atoms with Crippen LogP contribution in [0.4, 0.5) is 0 Å². The maximum Gasteiger partial charge on any atom is 0.309 e. The molecule has 5 nitrogen and oxygen atoms in total. The highest BCUT2D eigenvalue weighted by Gasteiger charge is 2.27. The van der Waals surface area contributed by atoms with Crippen LogP contribution in [0.15, 0.2) is 30.3 Å². The monoisotopic (exact) mass is 320 g/mol. The van der Waals surface area contributed by atoms with Gasteiger partial charge in [-0.05, 0) is 38.3 Å². The second-order valence-electron chi connectivity index (χ2n) is 5.73. The molecule has 2 rings (SSSR count). The Bertz CT molecular complexity index is 659. The van der Waals surface area contributed by atoms with Crippen LogP contribution >= 0.6 is 11.3 Å². The molecule has 0 aliphatic heterocycles. The van der Waals surface area contributed by atoms with Crippen molar-refractivity contribution in [3.05, 3.63) is 35.2 Å².